The zero-order chi connectivity index (χ0) is 22.5. The van der Waals surface area contributed by atoms with Crippen LogP contribution in [-0.4, -0.2) is 23.3 Å². The molecule has 0 aromatic heterocycles. The molecule has 166 valence electrons. The van der Waals surface area contributed by atoms with Crippen molar-refractivity contribution < 1.29 is 9.53 Å². The zero-order valence-corrected chi connectivity index (χ0v) is 19.9. The van der Waals surface area contributed by atoms with Gasteiger partial charge in [0.15, 0.2) is 0 Å². The molecular formula is C25H24Cl2N2O2S. The SMILES string of the molecule is C[C@@H](NC(=O)CSC1Nc2ccccc2O1)[C@H](Cc1ccc(Cl)cc1)c1ccc(Cl)cc1. The van der Waals surface area contributed by atoms with E-state index in [2.05, 4.69) is 10.6 Å². The largest absolute Gasteiger partial charge is 0.459 e. The van der Waals surface area contributed by atoms with Crippen molar-refractivity contribution in [1.82, 2.24) is 5.32 Å². The quantitative estimate of drug-likeness (QED) is 0.389. The molecule has 3 aromatic carbocycles. The molecule has 3 atom stereocenters. The van der Waals surface area contributed by atoms with Crippen LogP contribution in [0.1, 0.15) is 24.0 Å². The van der Waals surface area contributed by atoms with E-state index in [9.17, 15) is 4.79 Å². The first-order valence-electron chi connectivity index (χ1n) is 10.4. The Kier molecular flexibility index (Phi) is 7.51. The second kappa shape index (κ2) is 10.5. The van der Waals surface area contributed by atoms with E-state index in [1.165, 1.54) is 11.8 Å². The molecule has 7 heteroatoms. The standard InChI is InChI=1S/C25H24Cl2N2O2S/c1-16(28-24(30)15-32-25-29-22-4-2-3-5-23(22)31-25)21(18-8-12-20(27)13-9-18)14-17-6-10-19(26)11-7-17/h2-13,16,21,25,29H,14-15H2,1H3,(H,28,30)/t16-,21+,25?/m1/s1. The van der Waals surface area contributed by atoms with E-state index in [4.69, 9.17) is 27.9 Å². The van der Waals surface area contributed by atoms with Crippen LogP contribution < -0.4 is 15.4 Å². The molecule has 32 heavy (non-hydrogen) atoms. The molecule has 2 N–H and O–H groups in total. The number of hydrogen-bond donors (Lipinski definition) is 2. The highest BCUT2D eigenvalue weighted by Gasteiger charge is 2.25. The predicted octanol–water partition coefficient (Wildman–Crippen LogP) is 6.35. The smallest absolute Gasteiger partial charge is 0.230 e. The topological polar surface area (TPSA) is 50.4 Å². The maximum atomic E-state index is 12.7. The van der Waals surface area contributed by atoms with Gasteiger partial charge < -0.3 is 15.4 Å². The second-order valence-electron chi connectivity index (χ2n) is 7.75. The molecule has 0 aliphatic carbocycles. The van der Waals surface area contributed by atoms with Gasteiger partial charge in [-0.3, -0.25) is 4.79 Å². The Morgan fingerprint density at radius 1 is 1.03 bits per heavy atom. The van der Waals surface area contributed by atoms with Gasteiger partial charge in [-0.2, -0.15) is 0 Å². The Morgan fingerprint density at radius 3 is 2.38 bits per heavy atom. The first kappa shape index (κ1) is 22.8. The van der Waals surface area contributed by atoms with Crippen LogP contribution in [0.3, 0.4) is 0 Å². The van der Waals surface area contributed by atoms with Crippen molar-refractivity contribution in [2.75, 3.05) is 11.1 Å². The Bertz CT molecular complexity index is 1040. The van der Waals surface area contributed by atoms with E-state index < -0.39 is 0 Å². The molecule has 0 radical (unpaired) electrons. The number of ether oxygens (including phenoxy) is 1. The lowest BCUT2D eigenvalue weighted by Crippen LogP contribution is -2.39. The molecule has 0 saturated carbocycles. The van der Waals surface area contributed by atoms with Gasteiger partial charge in [0.05, 0.1) is 11.4 Å². The van der Waals surface area contributed by atoms with E-state index in [0.717, 1.165) is 29.0 Å². The van der Waals surface area contributed by atoms with Gasteiger partial charge in [0.25, 0.3) is 0 Å². The van der Waals surface area contributed by atoms with Crippen LogP contribution >= 0.6 is 35.0 Å². The summed E-state index contributed by atoms with van der Waals surface area (Å²) >= 11 is 13.6. The Morgan fingerprint density at radius 2 is 1.69 bits per heavy atom. The molecular weight excluding hydrogens is 463 g/mol. The van der Waals surface area contributed by atoms with E-state index in [-0.39, 0.29) is 23.4 Å². The number of benzene rings is 3. The third-order valence-electron chi connectivity index (χ3n) is 5.42. The summed E-state index contributed by atoms with van der Waals surface area (Å²) in [7, 11) is 0. The molecule has 0 spiro atoms. The van der Waals surface area contributed by atoms with Gasteiger partial charge in [0.1, 0.15) is 5.75 Å². The number of para-hydroxylation sites is 2. The summed E-state index contributed by atoms with van der Waals surface area (Å²) in [5.41, 5.74) is 2.96. The molecule has 1 aliphatic rings. The zero-order valence-electron chi connectivity index (χ0n) is 17.6. The summed E-state index contributed by atoms with van der Waals surface area (Å²) in [5.74, 6) is 1.17. The Labute approximate surface area is 202 Å². The molecule has 1 unspecified atom stereocenters. The number of halogens is 2. The van der Waals surface area contributed by atoms with Crippen LogP contribution in [0.15, 0.2) is 72.8 Å². The summed E-state index contributed by atoms with van der Waals surface area (Å²) in [4.78, 5) is 12.7. The highest BCUT2D eigenvalue weighted by atomic mass is 35.5. The number of fused-ring (bicyclic) bond motifs is 1. The molecule has 1 heterocycles. The van der Waals surface area contributed by atoms with Crippen molar-refractivity contribution in [2.24, 2.45) is 0 Å². The molecule has 4 rings (SSSR count). The number of thioether (sulfide) groups is 1. The van der Waals surface area contributed by atoms with Crippen LogP contribution in [0, 0.1) is 0 Å². The average Bonchev–Trinajstić information content (AvgIpc) is 3.21. The number of nitrogens with one attached hydrogen (secondary N) is 2. The summed E-state index contributed by atoms with van der Waals surface area (Å²) in [6, 6.07) is 23.3. The summed E-state index contributed by atoms with van der Waals surface area (Å²) < 4.78 is 5.83. The summed E-state index contributed by atoms with van der Waals surface area (Å²) in [6.07, 6.45) is 0.774. The maximum Gasteiger partial charge on any atom is 0.230 e. The number of amides is 1. The fourth-order valence-electron chi connectivity index (χ4n) is 3.75. The van der Waals surface area contributed by atoms with E-state index >= 15 is 0 Å². The van der Waals surface area contributed by atoms with E-state index in [1.807, 2.05) is 79.7 Å². The van der Waals surface area contributed by atoms with Crippen LogP contribution in [-0.2, 0) is 11.2 Å². The number of anilines is 1. The minimum Gasteiger partial charge on any atom is -0.459 e. The fourth-order valence-corrected chi connectivity index (χ4v) is 4.77. The monoisotopic (exact) mass is 486 g/mol. The minimum atomic E-state index is -0.269. The summed E-state index contributed by atoms with van der Waals surface area (Å²) in [5, 5.41) is 7.84. The first-order chi connectivity index (χ1) is 15.5. The molecule has 1 aliphatic heterocycles. The number of carbonyl (C=O) groups is 1. The normalized spacial score (nSPS) is 16.4. The van der Waals surface area contributed by atoms with Crippen molar-refractivity contribution in [3.63, 3.8) is 0 Å². The third-order valence-corrected chi connectivity index (χ3v) is 6.87. The molecule has 0 fully saturated rings. The average molecular weight is 487 g/mol. The van der Waals surface area contributed by atoms with Crippen molar-refractivity contribution >= 4 is 46.6 Å². The molecule has 1 amide bonds. The lowest BCUT2D eigenvalue weighted by molar-refractivity contribution is -0.119. The van der Waals surface area contributed by atoms with Gasteiger partial charge in [-0.25, -0.2) is 0 Å². The number of hydrogen-bond acceptors (Lipinski definition) is 4. The molecule has 4 nitrogen and oxygen atoms in total. The molecule has 3 aromatic rings. The van der Waals surface area contributed by atoms with E-state index in [0.29, 0.717) is 15.8 Å². The molecule has 0 saturated heterocycles. The molecule has 0 bridgehead atoms. The maximum absolute atomic E-state index is 12.7. The van der Waals surface area contributed by atoms with Crippen molar-refractivity contribution in [1.29, 1.82) is 0 Å². The summed E-state index contributed by atoms with van der Waals surface area (Å²) in [6.45, 7) is 2.04. The van der Waals surface area contributed by atoms with Gasteiger partial charge >= 0.3 is 0 Å². The van der Waals surface area contributed by atoms with Gasteiger partial charge in [-0.15, -0.1) is 0 Å². The van der Waals surface area contributed by atoms with Crippen LogP contribution in [0.2, 0.25) is 10.0 Å². The van der Waals surface area contributed by atoms with Gasteiger partial charge in [-0.05, 0) is 60.9 Å². The van der Waals surface area contributed by atoms with Crippen LogP contribution in [0.4, 0.5) is 5.69 Å². The number of rotatable bonds is 8. The van der Waals surface area contributed by atoms with Crippen LogP contribution in [0.25, 0.3) is 0 Å². The lowest BCUT2D eigenvalue weighted by atomic mass is 9.86. The van der Waals surface area contributed by atoms with Crippen molar-refractivity contribution in [3.05, 3.63) is 94.0 Å². The highest BCUT2D eigenvalue weighted by molar-refractivity contribution is 8.00. The minimum absolute atomic E-state index is 0.0288. The van der Waals surface area contributed by atoms with Crippen LogP contribution in [0.5, 0.6) is 5.75 Å². The highest BCUT2D eigenvalue weighted by Crippen LogP contribution is 2.34. The first-order valence-corrected chi connectivity index (χ1v) is 12.2. The van der Waals surface area contributed by atoms with E-state index in [1.54, 1.807) is 0 Å². The van der Waals surface area contributed by atoms with Gasteiger partial charge in [0, 0.05) is 22.0 Å². The Balaban J connectivity index is 1.37. The fraction of sp³-hybridized carbons (Fsp3) is 0.240. The van der Waals surface area contributed by atoms with Crippen molar-refractivity contribution in [3.8, 4) is 5.75 Å². The Hall–Kier alpha value is -2.34. The lowest BCUT2D eigenvalue weighted by Gasteiger charge is -2.26. The third kappa shape index (κ3) is 5.91. The predicted molar refractivity (Wildman–Crippen MR) is 134 cm³/mol. The van der Waals surface area contributed by atoms with Gasteiger partial charge in [0.2, 0.25) is 11.5 Å². The van der Waals surface area contributed by atoms with Crippen molar-refractivity contribution in [2.45, 2.75) is 30.9 Å². The second-order valence-corrected chi connectivity index (χ2v) is 9.67. The van der Waals surface area contributed by atoms with Gasteiger partial charge in [-0.1, -0.05) is 71.4 Å². The number of carbonyl (C=O) groups excluding carboxylic acids is 1.